The van der Waals surface area contributed by atoms with Gasteiger partial charge in [-0.25, -0.2) is 0 Å². The Morgan fingerprint density at radius 1 is 1.50 bits per heavy atom. The third-order valence-corrected chi connectivity index (χ3v) is 2.27. The Labute approximate surface area is 82.1 Å². The number of nitrogens with two attached hydrogens (primary N) is 1. The standard InChI is InChI=1S/C10H14BrN/c1-8(12)5-6-9-3-2-4-10(11)7-9/h2-4,7-8H,5-6,12H2,1H3/t8-/m0/s1. The molecule has 0 saturated carbocycles. The van der Waals surface area contributed by atoms with E-state index in [1.54, 1.807) is 0 Å². The molecule has 0 radical (unpaired) electrons. The number of aryl methyl sites for hydroxylation is 1. The molecular weight excluding hydrogens is 214 g/mol. The molecule has 0 unspecified atom stereocenters. The van der Waals surface area contributed by atoms with Crippen LogP contribution < -0.4 is 5.73 Å². The highest BCUT2D eigenvalue weighted by Gasteiger charge is 1.96. The van der Waals surface area contributed by atoms with E-state index in [0.29, 0.717) is 6.04 Å². The van der Waals surface area contributed by atoms with Crippen molar-refractivity contribution < 1.29 is 0 Å². The smallest absolute Gasteiger partial charge is 0.0177 e. The van der Waals surface area contributed by atoms with Crippen LogP contribution in [0.15, 0.2) is 28.7 Å². The van der Waals surface area contributed by atoms with Gasteiger partial charge in [-0.05, 0) is 37.5 Å². The lowest BCUT2D eigenvalue weighted by Crippen LogP contribution is -2.15. The SMILES string of the molecule is C[C@H](N)CCc1cccc(Br)c1. The van der Waals surface area contributed by atoms with E-state index in [2.05, 4.69) is 34.1 Å². The number of rotatable bonds is 3. The Bertz CT molecular complexity index is 245. The van der Waals surface area contributed by atoms with Crippen LogP contribution in [0.25, 0.3) is 0 Å². The van der Waals surface area contributed by atoms with Crippen molar-refractivity contribution in [3.05, 3.63) is 34.3 Å². The molecule has 0 aromatic heterocycles. The number of benzene rings is 1. The number of hydrogen-bond acceptors (Lipinski definition) is 1. The maximum Gasteiger partial charge on any atom is 0.0177 e. The predicted octanol–water partition coefficient (Wildman–Crippen LogP) is 2.73. The molecule has 1 aromatic rings. The summed E-state index contributed by atoms with van der Waals surface area (Å²) in [5.41, 5.74) is 7.02. The monoisotopic (exact) mass is 227 g/mol. The Balaban J connectivity index is 2.52. The van der Waals surface area contributed by atoms with Gasteiger partial charge in [0.2, 0.25) is 0 Å². The summed E-state index contributed by atoms with van der Waals surface area (Å²) in [6.07, 6.45) is 2.12. The molecule has 0 aliphatic carbocycles. The van der Waals surface area contributed by atoms with E-state index in [1.165, 1.54) is 5.56 Å². The van der Waals surface area contributed by atoms with Gasteiger partial charge in [0, 0.05) is 10.5 Å². The predicted molar refractivity (Wildman–Crippen MR) is 56.1 cm³/mol. The van der Waals surface area contributed by atoms with E-state index >= 15 is 0 Å². The molecule has 0 spiro atoms. The van der Waals surface area contributed by atoms with Crippen molar-refractivity contribution in [3.63, 3.8) is 0 Å². The van der Waals surface area contributed by atoms with Gasteiger partial charge in [0.15, 0.2) is 0 Å². The molecular formula is C10H14BrN. The van der Waals surface area contributed by atoms with Crippen molar-refractivity contribution in [1.82, 2.24) is 0 Å². The Morgan fingerprint density at radius 3 is 2.83 bits per heavy atom. The zero-order chi connectivity index (χ0) is 8.97. The summed E-state index contributed by atoms with van der Waals surface area (Å²) in [5.74, 6) is 0. The van der Waals surface area contributed by atoms with Crippen molar-refractivity contribution in [1.29, 1.82) is 0 Å². The average Bonchev–Trinajstić information content (AvgIpc) is 2.01. The molecule has 0 heterocycles. The summed E-state index contributed by atoms with van der Waals surface area (Å²) in [7, 11) is 0. The van der Waals surface area contributed by atoms with Crippen molar-refractivity contribution in [2.24, 2.45) is 5.73 Å². The maximum absolute atomic E-state index is 5.67. The highest BCUT2D eigenvalue weighted by atomic mass is 79.9. The Hall–Kier alpha value is -0.340. The minimum absolute atomic E-state index is 0.295. The first-order valence-electron chi connectivity index (χ1n) is 4.18. The zero-order valence-corrected chi connectivity index (χ0v) is 8.84. The molecule has 66 valence electrons. The van der Waals surface area contributed by atoms with Gasteiger partial charge in [-0.1, -0.05) is 28.1 Å². The minimum atomic E-state index is 0.295. The van der Waals surface area contributed by atoms with Crippen LogP contribution in [0.4, 0.5) is 0 Å². The fourth-order valence-electron chi connectivity index (χ4n) is 1.09. The van der Waals surface area contributed by atoms with Gasteiger partial charge in [-0.2, -0.15) is 0 Å². The molecule has 1 atom stereocenters. The lowest BCUT2D eigenvalue weighted by Gasteiger charge is -2.04. The van der Waals surface area contributed by atoms with Crippen LogP contribution in [0.2, 0.25) is 0 Å². The Kier molecular flexibility index (Phi) is 3.76. The summed E-state index contributed by atoms with van der Waals surface area (Å²) in [6, 6.07) is 8.66. The van der Waals surface area contributed by atoms with Gasteiger partial charge in [0.1, 0.15) is 0 Å². The fraction of sp³-hybridized carbons (Fsp3) is 0.400. The molecule has 1 aromatic carbocycles. The van der Waals surface area contributed by atoms with Crippen molar-refractivity contribution in [2.75, 3.05) is 0 Å². The van der Waals surface area contributed by atoms with Crippen LogP contribution in [0, 0.1) is 0 Å². The molecule has 12 heavy (non-hydrogen) atoms. The summed E-state index contributed by atoms with van der Waals surface area (Å²) < 4.78 is 1.14. The van der Waals surface area contributed by atoms with Gasteiger partial charge in [0.25, 0.3) is 0 Å². The first-order chi connectivity index (χ1) is 5.68. The fourth-order valence-corrected chi connectivity index (χ4v) is 1.53. The molecule has 0 saturated heterocycles. The first-order valence-corrected chi connectivity index (χ1v) is 4.98. The van der Waals surface area contributed by atoms with Gasteiger partial charge in [-0.15, -0.1) is 0 Å². The lowest BCUT2D eigenvalue weighted by molar-refractivity contribution is 0.666. The molecule has 2 heteroatoms. The van der Waals surface area contributed by atoms with Gasteiger partial charge in [-0.3, -0.25) is 0 Å². The Morgan fingerprint density at radius 2 is 2.25 bits per heavy atom. The van der Waals surface area contributed by atoms with Crippen molar-refractivity contribution in [3.8, 4) is 0 Å². The molecule has 0 amide bonds. The molecule has 0 aliphatic rings. The largest absolute Gasteiger partial charge is 0.328 e. The lowest BCUT2D eigenvalue weighted by atomic mass is 10.1. The van der Waals surface area contributed by atoms with Crippen molar-refractivity contribution in [2.45, 2.75) is 25.8 Å². The maximum atomic E-state index is 5.67. The number of halogens is 1. The van der Waals surface area contributed by atoms with Crippen LogP contribution in [0.5, 0.6) is 0 Å². The normalized spacial score (nSPS) is 12.9. The van der Waals surface area contributed by atoms with Gasteiger partial charge < -0.3 is 5.73 Å². The van der Waals surface area contributed by atoms with E-state index in [4.69, 9.17) is 5.73 Å². The van der Waals surface area contributed by atoms with Crippen LogP contribution >= 0.6 is 15.9 Å². The second-order valence-electron chi connectivity index (χ2n) is 3.15. The first kappa shape index (κ1) is 9.75. The van der Waals surface area contributed by atoms with Gasteiger partial charge in [0.05, 0.1) is 0 Å². The molecule has 1 nitrogen and oxygen atoms in total. The quantitative estimate of drug-likeness (QED) is 0.845. The van der Waals surface area contributed by atoms with E-state index in [-0.39, 0.29) is 0 Å². The highest BCUT2D eigenvalue weighted by Crippen LogP contribution is 2.13. The van der Waals surface area contributed by atoms with Crippen molar-refractivity contribution >= 4 is 15.9 Å². The van der Waals surface area contributed by atoms with E-state index in [0.717, 1.165) is 17.3 Å². The number of hydrogen-bond donors (Lipinski definition) is 1. The summed E-state index contributed by atoms with van der Waals surface area (Å²) in [4.78, 5) is 0. The topological polar surface area (TPSA) is 26.0 Å². The van der Waals surface area contributed by atoms with E-state index in [9.17, 15) is 0 Å². The molecule has 0 fully saturated rings. The second-order valence-corrected chi connectivity index (χ2v) is 4.06. The average molecular weight is 228 g/mol. The minimum Gasteiger partial charge on any atom is -0.328 e. The summed E-state index contributed by atoms with van der Waals surface area (Å²) in [6.45, 7) is 2.04. The molecule has 1 rings (SSSR count). The highest BCUT2D eigenvalue weighted by molar-refractivity contribution is 9.10. The van der Waals surface area contributed by atoms with E-state index < -0.39 is 0 Å². The molecule has 0 aliphatic heterocycles. The van der Waals surface area contributed by atoms with Crippen LogP contribution in [0.1, 0.15) is 18.9 Å². The summed E-state index contributed by atoms with van der Waals surface area (Å²) in [5, 5.41) is 0. The third-order valence-electron chi connectivity index (χ3n) is 1.78. The van der Waals surface area contributed by atoms with Gasteiger partial charge >= 0.3 is 0 Å². The zero-order valence-electron chi connectivity index (χ0n) is 7.26. The van der Waals surface area contributed by atoms with Crippen LogP contribution in [-0.2, 0) is 6.42 Å². The van der Waals surface area contributed by atoms with Crippen LogP contribution in [0.3, 0.4) is 0 Å². The van der Waals surface area contributed by atoms with E-state index in [1.807, 2.05) is 13.0 Å². The third kappa shape index (κ3) is 3.37. The molecule has 2 N–H and O–H groups in total. The van der Waals surface area contributed by atoms with Crippen LogP contribution in [-0.4, -0.2) is 6.04 Å². The molecule has 0 bridgehead atoms. The summed E-state index contributed by atoms with van der Waals surface area (Å²) >= 11 is 3.44. The second kappa shape index (κ2) is 4.63.